The number of carbonyl (C=O) groups is 1. The average Bonchev–Trinajstić information content (AvgIpc) is 3.09. The maximum Gasteiger partial charge on any atom is 0.166 e. The molecule has 1 fully saturated rings. The molecule has 2 rings (SSSR count). The predicted octanol–water partition coefficient (Wildman–Crippen LogP) is 3.12. The topological polar surface area (TPSA) is 26.3 Å². The quantitative estimate of drug-likeness (QED) is 0.835. The molecule has 4 heteroatoms. The molecule has 17 heavy (non-hydrogen) atoms. The summed E-state index contributed by atoms with van der Waals surface area (Å²) in [6.07, 6.45) is 1.80. The second kappa shape index (κ2) is 5.27. The van der Waals surface area contributed by atoms with Gasteiger partial charge in [0.15, 0.2) is 5.78 Å². The summed E-state index contributed by atoms with van der Waals surface area (Å²) in [5.74, 6) is -0.0399. The summed E-state index contributed by atoms with van der Waals surface area (Å²) in [6.45, 7) is 0. The predicted molar refractivity (Wildman–Crippen MR) is 66.3 cm³/mol. The highest BCUT2D eigenvalue weighted by Gasteiger charge is 2.36. The van der Waals surface area contributed by atoms with E-state index in [1.54, 1.807) is 12.1 Å². The van der Waals surface area contributed by atoms with Crippen LogP contribution in [0.4, 0.5) is 4.39 Å². The molecule has 2 nitrogen and oxygen atoms in total. The summed E-state index contributed by atoms with van der Waals surface area (Å²) in [5, 5.41) is 0. The van der Waals surface area contributed by atoms with Crippen LogP contribution in [0.1, 0.15) is 18.4 Å². The number of hydrogen-bond acceptors (Lipinski definition) is 2. The number of benzene rings is 1. The molecule has 0 aliphatic heterocycles. The molecule has 1 aliphatic rings. The molecule has 1 unspecified atom stereocenters. The summed E-state index contributed by atoms with van der Waals surface area (Å²) in [7, 11) is 1.54. The Morgan fingerprint density at radius 2 is 2.29 bits per heavy atom. The van der Waals surface area contributed by atoms with Crippen LogP contribution in [0.5, 0.6) is 0 Å². The Hall–Kier alpha value is -0.740. The maximum absolute atomic E-state index is 13.5. The van der Waals surface area contributed by atoms with E-state index in [2.05, 4.69) is 15.9 Å². The number of halogens is 2. The molecule has 0 radical (unpaired) electrons. The van der Waals surface area contributed by atoms with Crippen molar-refractivity contribution in [2.45, 2.75) is 25.4 Å². The van der Waals surface area contributed by atoms with Gasteiger partial charge >= 0.3 is 0 Å². The van der Waals surface area contributed by atoms with Gasteiger partial charge in [0.25, 0.3) is 0 Å². The normalized spacial score (nSPS) is 16.9. The van der Waals surface area contributed by atoms with Gasteiger partial charge in [0.2, 0.25) is 0 Å². The van der Waals surface area contributed by atoms with Gasteiger partial charge < -0.3 is 4.74 Å². The highest BCUT2D eigenvalue weighted by atomic mass is 79.9. The fourth-order valence-electron chi connectivity index (χ4n) is 1.95. The van der Waals surface area contributed by atoms with Gasteiger partial charge in [0.05, 0.1) is 0 Å². The van der Waals surface area contributed by atoms with E-state index in [9.17, 15) is 9.18 Å². The summed E-state index contributed by atoms with van der Waals surface area (Å²) in [4.78, 5) is 12.0. The zero-order valence-electron chi connectivity index (χ0n) is 9.58. The van der Waals surface area contributed by atoms with E-state index in [0.717, 1.165) is 17.3 Å². The van der Waals surface area contributed by atoms with Crippen molar-refractivity contribution in [3.05, 3.63) is 34.1 Å². The van der Waals surface area contributed by atoms with E-state index in [1.807, 2.05) is 0 Å². The molecule has 0 amide bonds. The van der Waals surface area contributed by atoms with Gasteiger partial charge in [-0.15, -0.1) is 0 Å². The molecule has 0 bridgehead atoms. The SMILES string of the molecule is COC(C(=O)Cc1cc(Br)ccc1F)C1CC1. The van der Waals surface area contributed by atoms with E-state index in [0.29, 0.717) is 11.5 Å². The van der Waals surface area contributed by atoms with Gasteiger partial charge in [-0.25, -0.2) is 4.39 Å². The van der Waals surface area contributed by atoms with Crippen LogP contribution in [0.25, 0.3) is 0 Å². The van der Waals surface area contributed by atoms with Crippen LogP contribution in [0.2, 0.25) is 0 Å². The molecular formula is C13H14BrFO2. The van der Waals surface area contributed by atoms with Gasteiger partial charge in [0, 0.05) is 18.0 Å². The van der Waals surface area contributed by atoms with E-state index >= 15 is 0 Å². The molecule has 1 aliphatic carbocycles. The highest BCUT2D eigenvalue weighted by molar-refractivity contribution is 9.10. The number of methoxy groups -OCH3 is 1. The number of carbonyl (C=O) groups excluding carboxylic acids is 1. The molecule has 0 saturated heterocycles. The minimum Gasteiger partial charge on any atom is -0.373 e. The number of hydrogen-bond donors (Lipinski definition) is 0. The highest BCUT2D eigenvalue weighted by Crippen LogP contribution is 2.35. The Morgan fingerprint density at radius 3 is 2.88 bits per heavy atom. The number of ether oxygens (including phenoxy) is 1. The molecule has 0 N–H and O–H groups in total. The Labute approximate surface area is 108 Å². The van der Waals surface area contributed by atoms with Crippen molar-refractivity contribution < 1.29 is 13.9 Å². The molecule has 1 aromatic rings. The standard InChI is InChI=1S/C13H14BrFO2/c1-17-13(8-2-3-8)12(16)7-9-6-10(14)4-5-11(9)15/h4-6,8,13H,2-3,7H2,1H3. The van der Waals surface area contributed by atoms with Crippen molar-refractivity contribution in [2.75, 3.05) is 7.11 Å². The Bertz CT molecular complexity index is 429. The lowest BCUT2D eigenvalue weighted by Gasteiger charge is -2.13. The molecule has 1 aromatic carbocycles. The molecule has 1 atom stereocenters. The number of ketones is 1. The number of Topliss-reactive ketones (excluding diaryl/α,β-unsaturated/α-hetero) is 1. The average molecular weight is 301 g/mol. The summed E-state index contributed by atoms with van der Waals surface area (Å²) in [5.41, 5.74) is 0.423. The minimum absolute atomic E-state index is 0.0352. The van der Waals surface area contributed by atoms with Crippen LogP contribution in [0.15, 0.2) is 22.7 Å². The van der Waals surface area contributed by atoms with Crippen molar-refractivity contribution in [3.63, 3.8) is 0 Å². The number of rotatable bonds is 5. The van der Waals surface area contributed by atoms with Crippen LogP contribution >= 0.6 is 15.9 Å². The fraction of sp³-hybridized carbons (Fsp3) is 0.462. The third kappa shape index (κ3) is 3.13. The molecule has 1 saturated carbocycles. The first-order valence-corrected chi connectivity index (χ1v) is 6.40. The van der Waals surface area contributed by atoms with Crippen molar-refractivity contribution in [1.82, 2.24) is 0 Å². The second-order valence-corrected chi connectivity index (χ2v) is 5.29. The lowest BCUT2D eigenvalue weighted by molar-refractivity contribution is -0.129. The van der Waals surface area contributed by atoms with Crippen LogP contribution in [-0.2, 0) is 16.0 Å². The Morgan fingerprint density at radius 1 is 1.59 bits per heavy atom. The first-order chi connectivity index (χ1) is 8.11. The maximum atomic E-state index is 13.5. The van der Waals surface area contributed by atoms with Gasteiger partial charge in [-0.05, 0) is 42.5 Å². The van der Waals surface area contributed by atoms with E-state index in [4.69, 9.17) is 4.74 Å². The Kier molecular flexibility index (Phi) is 3.94. The van der Waals surface area contributed by atoms with Gasteiger partial charge in [-0.3, -0.25) is 4.79 Å². The van der Waals surface area contributed by atoms with Crippen molar-refractivity contribution in [3.8, 4) is 0 Å². The van der Waals surface area contributed by atoms with E-state index < -0.39 is 0 Å². The zero-order chi connectivity index (χ0) is 12.4. The van der Waals surface area contributed by atoms with Gasteiger partial charge in [-0.2, -0.15) is 0 Å². The van der Waals surface area contributed by atoms with Crippen LogP contribution < -0.4 is 0 Å². The lowest BCUT2D eigenvalue weighted by atomic mass is 10.0. The molecule has 0 heterocycles. The molecule has 92 valence electrons. The van der Waals surface area contributed by atoms with E-state index in [-0.39, 0.29) is 24.1 Å². The lowest BCUT2D eigenvalue weighted by Crippen LogP contribution is -2.27. The zero-order valence-corrected chi connectivity index (χ0v) is 11.2. The molecule has 0 spiro atoms. The third-order valence-electron chi connectivity index (χ3n) is 2.99. The molecular weight excluding hydrogens is 287 g/mol. The van der Waals surface area contributed by atoms with Crippen LogP contribution in [-0.4, -0.2) is 19.0 Å². The van der Waals surface area contributed by atoms with Crippen LogP contribution in [0.3, 0.4) is 0 Å². The largest absolute Gasteiger partial charge is 0.373 e. The van der Waals surface area contributed by atoms with Gasteiger partial charge in [-0.1, -0.05) is 15.9 Å². The summed E-state index contributed by atoms with van der Waals surface area (Å²) in [6, 6.07) is 4.64. The first-order valence-electron chi connectivity index (χ1n) is 5.61. The van der Waals surface area contributed by atoms with Crippen molar-refractivity contribution in [2.24, 2.45) is 5.92 Å². The second-order valence-electron chi connectivity index (χ2n) is 4.37. The van der Waals surface area contributed by atoms with Gasteiger partial charge in [0.1, 0.15) is 11.9 Å². The van der Waals surface area contributed by atoms with Crippen LogP contribution in [0, 0.1) is 11.7 Å². The summed E-state index contributed by atoms with van der Waals surface area (Å²) >= 11 is 3.27. The third-order valence-corrected chi connectivity index (χ3v) is 3.49. The Balaban J connectivity index is 2.08. The van der Waals surface area contributed by atoms with Crippen molar-refractivity contribution >= 4 is 21.7 Å². The minimum atomic E-state index is -0.367. The molecule has 0 aromatic heterocycles. The summed E-state index contributed by atoms with van der Waals surface area (Å²) < 4.78 is 19.5. The first kappa shape index (κ1) is 12.7. The van der Waals surface area contributed by atoms with Crippen molar-refractivity contribution in [1.29, 1.82) is 0 Å². The smallest absolute Gasteiger partial charge is 0.166 e. The monoisotopic (exact) mass is 300 g/mol. The fourth-order valence-corrected chi connectivity index (χ4v) is 2.36. The van der Waals surface area contributed by atoms with E-state index in [1.165, 1.54) is 13.2 Å².